The number of imide groups is 1. The molecule has 2 atom stereocenters. The highest BCUT2D eigenvalue weighted by Gasteiger charge is 2.28. The van der Waals surface area contributed by atoms with Gasteiger partial charge in [0.25, 0.3) is 11.8 Å². The van der Waals surface area contributed by atoms with E-state index in [-0.39, 0.29) is 61.3 Å². The van der Waals surface area contributed by atoms with Crippen LogP contribution in [0, 0.1) is 11.8 Å². The van der Waals surface area contributed by atoms with Gasteiger partial charge in [-0.05, 0) is 91.8 Å². The molecule has 13 nitrogen and oxygen atoms in total. The number of hydrogen-bond donors (Lipinski definition) is 4. The van der Waals surface area contributed by atoms with Crippen molar-refractivity contribution < 1.29 is 33.5 Å². The van der Waals surface area contributed by atoms with Gasteiger partial charge in [0, 0.05) is 55.1 Å². The average Bonchev–Trinajstić information content (AvgIpc) is 3.52. The number of anilines is 2. The highest BCUT2D eigenvalue weighted by atomic mass is 16.5. The molecule has 2 heterocycles. The van der Waals surface area contributed by atoms with Gasteiger partial charge in [-0.25, -0.2) is 9.78 Å². The third kappa shape index (κ3) is 14.1. The zero-order valence-corrected chi connectivity index (χ0v) is 34.4. The van der Waals surface area contributed by atoms with Crippen molar-refractivity contribution >= 4 is 57.9 Å². The van der Waals surface area contributed by atoms with Gasteiger partial charge in [-0.2, -0.15) is 0 Å². The second-order valence-electron chi connectivity index (χ2n) is 15.5. The highest BCUT2D eigenvalue weighted by Crippen LogP contribution is 2.25. The minimum absolute atomic E-state index is 0.0555. The van der Waals surface area contributed by atoms with Gasteiger partial charge < -0.3 is 26.4 Å². The van der Waals surface area contributed by atoms with Crippen molar-refractivity contribution in [2.75, 3.05) is 24.1 Å². The van der Waals surface area contributed by atoms with Gasteiger partial charge in [-0.1, -0.05) is 71.2 Å². The molecule has 0 spiro atoms. The molecule has 0 aliphatic carbocycles. The number of nitrogens with two attached hydrogens (primary N) is 1. The van der Waals surface area contributed by atoms with Crippen LogP contribution in [0.25, 0.3) is 10.9 Å². The first-order chi connectivity index (χ1) is 27.9. The topological polar surface area (TPSA) is 190 Å². The van der Waals surface area contributed by atoms with E-state index in [1.807, 2.05) is 26.0 Å². The normalized spacial score (nSPS) is 13.5. The summed E-state index contributed by atoms with van der Waals surface area (Å²) >= 11 is 0. The van der Waals surface area contributed by atoms with Gasteiger partial charge in [0.15, 0.2) is 5.78 Å². The first-order valence-electron chi connectivity index (χ1n) is 20.7. The van der Waals surface area contributed by atoms with Gasteiger partial charge in [0.1, 0.15) is 12.4 Å². The first-order valence-corrected chi connectivity index (χ1v) is 20.7. The first kappa shape index (κ1) is 45.1. The number of amides is 5. The second kappa shape index (κ2) is 23.0. The number of nitrogen functional groups attached to an aromatic ring is 1. The maximum Gasteiger partial charge on any atom is 0.407 e. The Morgan fingerprint density at radius 1 is 0.845 bits per heavy atom. The molecule has 58 heavy (non-hydrogen) atoms. The number of carbonyl (C=O) groups is 6. The Morgan fingerprint density at radius 2 is 1.55 bits per heavy atom. The second-order valence-corrected chi connectivity index (χ2v) is 15.5. The molecular weight excluding hydrogens is 737 g/mol. The molecule has 5 amide bonds. The van der Waals surface area contributed by atoms with Crippen molar-refractivity contribution in [2.45, 2.75) is 117 Å². The molecule has 13 heteroatoms. The van der Waals surface area contributed by atoms with Crippen molar-refractivity contribution in [2.24, 2.45) is 11.8 Å². The van der Waals surface area contributed by atoms with Crippen molar-refractivity contribution in [3.63, 3.8) is 0 Å². The molecule has 0 fully saturated rings. The van der Waals surface area contributed by atoms with Crippen LogP contribution < -0.4 is 21.7 Å². The Labute approximate surface area is 341 Å². The number of nitrogens with zero attached hydrogens (tertiary/aromatic N) is 2. The van der Waals surface area contributed by atoms with Gasteiger partial charge in [0.05, 0.1) is 11.6 Å². The van der Waals surface area contributed by atoms with E-state index >= 15 is 0 Å². The zero-order valence-electron chi connectivity index (χ0n) is 34.4. The lowest BCUT2D eigenvalue weighted by atomic mass is 9.92. The van der Waals surface area contributed by atoms with Crippen LogP contribution in [-0.4, -0.2) is 64.5 Å². The smallest absolute Gasteiger partial charge is 0.407 e. The van der Waals surface area contributed by atoms with Crippen LogP contribution in [0.1, 0.15) is 109 Å². The molecule has 2 aromatic carbocycles. The van der Waals surface area contributed by atoms with Crippen LogP contribution >= 0.6 is 0 Å². The van der Waals surface area contributed by atoms with Gasteiger partial charge in [-0.3, -0.25) is 28.9 Å². The van der Waals surface area contributed by atoms with Crippen LogP contribution in [0.5, 0.6) is 0 Å². The van der Waals surface area contributed by atoms with E-state index in [1.165, 1.54) is 29.5 Å². The Balaban J connectivity index is 1.10. The standard InChI is InChI=1S/C45H60N6O7/c1-5-6-8-15-34-28-36-33(16-13-17-37(36)49-43(34)46)14-9-7-11-25-47-45(57)58-29-32-19-21-35(22-20-32)48-44(56)31(4)27-38(52)42(30(2)3)50-39(53)18-10-12-26-51-40(54)23-24-41(51)55/h13,16-17,19-24,28,30-31,42H,5-12,14-15,18,25-27,29H2,1-4H3,(H2,46,49)(H,47,57)(H,48,56)(H,50,53)/t31-,42+/m1/s1. The van der Waals surface area contributed by atoms with Gasteiger partial charge >= 0.3 is 6.09 Å². The molecular formula is C45H60N6O7. The third-order valence-corrected chi connectivity index (χ3v) is 10.3. The van der Waals surface area contributed by atoms with E-state index < -0.39 is 18.1 Å². The molecule has 3 aromatic rings. The summed E-state index contributed by atoms with van der Waals surface area (Å²) < 4.78 is 5.39. The lowest BCUT2D eigenvalue weighted by molar-refractivity contribution is -0.136. The number of ketones is 1. The zero-order chi connectivity index (χ0) is 42.0. The number of fused-ring (bicyclic) bond motifs is 1. The minimum Gasteiger partial charge on any atom is -0.445 e. The van der Waals surface area contributed by atoms with E-state index in [0.717, 1.165) is 66.5 Å². The van der Waals surface area contributed by atoms with E-state index in [9.17, 15) is 28.8 Å². The Bertz CT molecular complexity index is 1910. The summed E-state index contributed by atoms with van der Waals surface area (Å²) in [5, 5.41) is 9.60. The number of carbonyl (C=O) groups excluding carboxylic acids is 6. The summed E-state index contributed by atoms with van der Waals surface area (Å²) in [6, 6.07) is 14.6. The number of pyridine rings is 1. The molecule has 0 saturated carbocycles. The van der Waals surface area contributed by atoms with Crippen LogP contribution in [0.15, 0.2) is 60.7 Å². The number of hydrogen-bond acceptors (Lipinski definition) is 9. The SMILES string of the molecule is CCCCCc1cc2c(CCCCCNC(=O)OCc3ccc(NC(=O)[C@H](C)CC(=O)[C@@H](NC(=O)CCCCN4C(=O)C=CC4=O)C(C)C)cc3)cccc2nc1N. The quantitative estimate of drug-likeness (QED) is 0.0549. The fourth-order valence-corrected chi connectivity index (χ4v) is 6.85. The summed E-state index contributed by atoms with van der Waals surface area (Å²) in [6.45, 7) is 8.32. The molecule has 1 aliphatic rings. The van der Waals surface area contributed by atoms with E-state index in [4.69, 9.17) is 10.5 Å². The molecule has 5 N–H and O–H groups in total. The van der Waals surface area contributed by atoms with Crippen LogP contribution in [0.2, 0.25) is 0 Å². The maximum atomic E-state index is 13.2. The van der Waals surface area contributed by atoms with Gasteiger partial charge in [0.2, 0.25) is 11.8 Å². The third-order valence-electron chi connectivity index (χ3n) is 10.3. The summed E-state index contributed by atoms with van der Waals surface area (Å²) in [7, 11) is 0. The minimum atomic E-state index is -0.751. The lowest BCUT2D eigenvalue weighted by Gasteiger charge is -2.23. The molecule has 0 radical (unpaired) electrons. The summed E-state index contributed by atoms with van der Waals surface area (Å²) in [5.41, 5.74) is 10.8. The largest absolute Gasteiger partial charge is 0.445 e. The van der Waals surface area contributed by atoms with Crippen molar-refractivity contribution in [1.29, 1.82) is 0 Å². The summed E-state index contributed by atoms with van der Waals surface area (Å²) in [4.78, 5) is 80.2. The molecule has 0 saturated heterocycles. The summed E-state index contributed by atoms with van der Waals surface area (Å²) in [5.74, 6) is -1.81. The van der Waals surface area contributed by atoms with E-state index in [1.54, 1.807) is 31.2 Å². The molecule has 0 bridgehead atoms. The molecule has 0 unspecified atom stereocenters. The fourth-order valence-electron chi connectivity index (χ4n) is 6.85. The Kier molecular flexibility index (Phi) is 17.9. The molecule has 1 aromatic heterocycles. The monoisotopic (exact) mass is 796 g/mol. The number of benzene rings is 2. The number of nitrogens with one attached hydrogen (secondary N) is 3. The molecule has 312 valence electrons. The number of unbranched alkanes of at least 4 members (excludes halogenated alkanes) is 5. The van der Waals surface area contributed by atoms with Crippen LogP contribution in [-0.2, 0) is 48.2 Å². The predicted molar refractivity (Wildman–Crippen MR) is 225 cm³/mol. The highest BCUT2D eigenvalue weighted by molar-refractivity contribution is 6.12. The van der Waals surface area contributed by atoms with E-state index in [0.29, 0.717) is 30.9 Å². The number of rotatable bonds is 24. The van der Waals surface area contributed by atoms with Crippen LogP contribution in [0.4, 0.5) is 16.3 Å². The molecule has 1 aliphatic heterocycles. The number of aromatic nitrogens is 1. The van der Waals surface area contributed by atoms with Crippen molar-refractivity contribution in [3.8, 4) is 0 Å². The van der Waals surface area contributed by atoms with Gasteiger partial charge in [-0.15, -0.1) is 0 Å². The van der Waals surface area contributed by atoms with Crippen molar-refractivity contribution in [3.05, 3.63) is 77.4 Å². The number of ether oxygens (including phenoxy) is 1. The number of alkyl carbamates (subject to hydrolysis) is 1. The lowest BCUT2D eigenvalue weighted by Crippen LogP contribution is -2.45. The molecule has 4 rings (SSSR count). The Morgan fingerprint density at radius 3 is 2.26 bits per heavy atom. The number of Topliss-reactive ketones (excluding diaryl/α,β-unsaturated/α-hetero) is 1. The number of aryl methyl sites for hydroxylation is 2. The van der Waals surface area contributed by atoms with Crippen LogP contribution in [0.3, 0.4) is 0 Å². The maximum absolute atomic E-state index is 13.2. The fraction of sp³-hybridized carbons (Fsp3) is 0.489. The van der Waals surface area contributed by atoms with E-state index in [2.05, 4.69) is 40.0 Å². The predicted octanol–water partition coefficient (Wildman–Crippen LogP) is 6.96. The summed E-state index contributed by atoms with van der Waals surface area (Å²) in [6.07, 6.45) is 11.0. The van der Waals surface area contributed by atoms with Crippen molar-refractivity contribution in [1.82, 2.24) is 20.5 Å². The Hall–Kier alpha value is -5.59. The average molecular weight is 797 g/mol.